The van der Waals surface area contributed by atoms with E-state index in [9.17, 15) is 9.59 Å². The molecule has 1 atom stereocenters. The maximum absolute atomic E-state index is 12.4. The smallest absolute Gasteiger partial charge is 0.188 e. The Hall–Kier alpha value is -2.33. The number of hydrogen-bond acceptors (Lipinski definition) is 4. The molecule has 5 heteroatoms. The van der Waals surface area contributed by atoms with E-state index in [-0.39, 0.29) is 5.56 Å². The normalized spacial score (nSPS) is 11.6. The SMILES string of the molecule is COc1cc(OC)cc(C(=O)C(Cl)C(=O)c2ccccc2)c1. The molecule has 1 unspecified atom stereocenters. The zero-order valence-electron chi connectivity index (χ0n) is 12.2. The lowest BCUT2D eigenvalue weighted by molar-refractivity contribution is 0.0899. The van der Waals surface area contributed by atoms with Gasteiger partial charge in [0.15, 0.2) is 16.9 Å². The predicted octanol–water partition coefficient (Wildman–Crippen LogP) is 3.38. The Kier molecular flexibility index (Phi) is 5.17. The Morgan fingerprint density at radius 1 is 0.864 bits per heavy atom. The average Bonchev–Trinajstić information content (AvgIpc) is 2.59. The van der Waals surface area contributed by atoms with Crippen molar-refractivity contribution >= 4 is 23.2 Å². The van der Waals surface area contributed by atoms with Gasteiger partial charge in [0.2, 0.25) is 0 Å². The van der Waals surface area contributed by atoms with Crippen LogP contribution in [-0.2, 0) is 0 Å². The Labute approximate surface area is 133 Å². The monoisotopic (exact) mass is 318 g/mol. The van der Waals surface area contributed by atoms with Crippen LogP contribution >= 0.6 is 11.6 Å². The van der Waals surface area contributed by atoms with Crippen LogP contribution in [0.2, 0.25) is 0 Å². The lowest BCUT2D eigenvalue weighted by Crippen LogP contribution is -2.25. The van der Waals surface area contributed by atoms with Crippen molar-refractivity contribution in [1.29, 1.82) is 0 Å². The second-order valence-electron chi connectivity index (χ2n) is 4.56. The summed E-state index contributed by atoms with van der Waals surface area (Å²) in [6.45, 7) is 0. The van der Waals surface area contributed by atoms with Gasteiger partial charge in [-0.3, -0.25) is 9.59 Å². The standard InChI is InChI=1S/C17H15ClO4/c1-21-13-8-12(9-14(10-13)22-2)17(20)15(18)16(19)11-6-4-3-5-7-11/h3-10,15H,1-2H3. The molecule has 0 heterocycles. The number of benzene rings is 2. The van der Waals surface area contributed by atoms with Gasteiger partial charge in [-0.2, -0.15) is 0 Å². The van der Waals surface area contributed by atoms with E-state index in [0.29, 0.717) is 17.1 Å². The molecular formula is C17H15ClO4. The molecule has 0 N–H and O–H groups in total. The minimum atomic E-state index is -1.29. The van der Waals surface area contributed by atoms with Crippen molar-refractivity contribution in [1.82, 2.24) is 0 Å². The van der Waals surface area contributed by atoms with Crippen LogP contribution in [0.5, 0.6) is 11.5 Å². The fourth-order valence-corrected chi connectivity index (χ4v) is 2.22. The van der Waals surface area contributed by atoms with Gasteiger partial charge >= 0.3 is 0 Å². The summed E-state index contributed by atoms with van der Waals surface area (Å²) in [6.07, 6.45) is 0. The number of carbonyl (C=O) groups excluding carboxylic acids is 2. The molecule has 0 aliphatic rings. The number of Topliss-reactive ketones (excluding diaryl/α,β-unsaturated/α-hetero) is 2. The fourth-order valence-electron chi connectivity index (χ4n) is 1.96. The number of alkyl halides is 1. The van der Waals surface area contributed by atoms with E-state index in [1.165, 1.54) is 26.4 Å². The highest BCUT2D eigenvalue weighted by Gasteiger charge is 2.27. The van der Waals surface area contributed by atoms with Gasteiger partial charge in [-0.1, -0.05) is 30.3 Å². The van der Waals surface area contributed by atoms with E-state index in [1.807, 2.05) is 0 Å². The van der Waals surface area contributed by atoms with E-state index in [0.717, 1.165) is 0 Å². The van der Waals surface area contributed by atoms with Gasteiger partial charge in [0.05, 0.1) is 14.2 Å². The van der Waals surface area contributed by atoms with Crippen molar-refractivity contribution in [3.8, 4) is 11.5 Å². The maximum atomic E-state index is 12.4. The third-order valence-corrected chi connectivity index (χ3v) is 3.55. The summed E-state index contributed by atoms with van der Waals surface area (Å²) in [7, 11) is 2.96. The molecule has 0 bridgehead atoms. The van der Waals surface area contributed by atoms with Crippen molar-refractivity contribution < 1.29 is 19.1 Å². The quantitative estimate of drug-likeness (QED) is 0.465. The molecule has 0 fully saturated rings. The van der Waals surface area contributed by atoms with E-state index >= 15 is 0 Å². The van der Waals surface area contributed by atoms with Gasteiger partial charge in [-0.05, 0) is 12.1 Å². The summed E-state index contributed by atoms with van der Waals surface area (Å²) in [5.74, 6) is -0.0146. The number of rotatable bonds is 6. The molecule has 2 rings (SSSR count). The van der Waals surface area contributed by atoms with Gasteiger partial charge in [-0.15, -0.1) is 11.6 Å². The summed E-state index contributed by atoms with van der Waals surface area (Å²) in [6, 6.07) is 13.2. The molecule has 0 saturated heterocycles. The van der Waals surface area contributed by atoms with Crippen LogP contribution in [0, 0.1) is 0 Å². The topological polar surface area (TPSA) is 52.6 Å². The van der Waals surface area contributed by atoms with Gasteiger partial charge in [0, 0.05) is 17.2 Å². The molecule has 0 saturated carbocycles. The lowest BCUT2D eigenvalue weighted by Gasteiger charge is -2.11. The van der Waals surface area contributed by atoms with Crippen molar-refractivity contribution in [2.24, 2.45) is 0 Å². The summed E-state index contributed by atoms with van der Waals surface area (Å²) in [5.41, 5.74) is 0.659. The second-order valence-corrected chi connectivity index (χ2v) is 4.99. The first kappa shape index (κ1) is 16.0. The molecule has 0 amide bonds. The Morgan fingerprint density at radius 2 is 1.36 bits per heavy atom. The van der Waals surface area contributed by atoms with E-state index in [2.05, 4.69) is 0 Å². The number of carbonyl (C=O) groups is 2. The van der Waals surface area contributed by atoms with Gasteiger partial charge in [0.1, 0.15) is 11.5 Å². The van der Waals surface area contributed by atoms with Crippen LogP contribution in [0.3, 0.4) is 0 Å². The minimum Gasteiger partial charge on any atom is -0.497 e. The van der Waals surface area contributed by atoms with E-state index in [4.69, 9.17) is 21.1 Å². The first-order valence-corrected chi connectivity index (χ1v) is 7.01. The molecule has 0 spiro atoms. The summed E-state index contributed by atoms with van der Waals surface area (Å²) in [5, 5.41) is -1.29. The minimum absolute atomic E-state index is 0.264. The highest BCUT2D eigenvalue weighted by molar-refractivity contribution is 6.46. The fraction of sp³-hybridized carbons (Fsp3) is 0.176. The summed E-state index contributed by atoms with van der Waals surface area (Å²) < 4.78 is 10.2. The van der Waals surface area contributed by atoms with Crippen LogP contribution in [0.4, 0.5) is 0 Å². The summed E-state index contributed by atoms with van der Waals surface area (Å²) in [4.78, 5) is 24.7. The van der Waals surface area contributed by atoms with Crippen LogP contribution in [0.15, 0.2) is 48.5 Å². The Morgan fingerprint density at radius 3 is 1.86 bits per heavy atom. The van der Waals surface area contributed by atoms with Gasteiger partial charge < -0.3 is 9.47 Å². The molecule has 2 aromatic carbocycles. The third-order valence-electron chi connectivity index (χ3n) is 3.15. The van der Waals surface area contributed by atoms with E-state index in [1.54, 1.807) is 36.4 Å². The second kappa shape index (κ2) is 7.09. The molecule has 0 aromatic heterocycles. The molecule has 22 heavy (non-hydrogen) atoms. The molecule has 114 valence electrons. The van der Waals surface area contributed by atoms with Crippen LogP contribution in [-0.4, -0.2) is 31.2 Å². The lowest BCUT2D eigenvalue weighted by atomic mass is 10.0. The highest BCUT2D eigenvalue weighted by atomic mass is 35.5. The molecule has 2 aromatic rings. The van der Waals surface area contributed by atoms with Crippen LogP contribution in [0.25, 0.3) is 0 Å². The number of halogens is 1. The van der Waals surface area contributed by atoms with Crippen molar-refractivity contribution in [3.63, 3.8) is 0 Å². The Bertz CT molecular complexity index is 660. The predicted molar refractivity (Wildman–Crippen MR) is 84.3 cm³/mol. The zero-order valence-corrected chi connectivity index (χ0v) is 13.0. The number of methoxy groups -OCH3 is 2. The van der Waals surface area contributed by atoms with E-state index < -0.39 is 16.9 Å². The first-order chi connectivity index (χ1) is 10.6. The molecule has 0 radical (unpaired) electrons. The van der Waals surface area contributed by atoms with Crippen LogP contribution in [0.1, 0.15) is 20.7 Å². The van der Waals surface area contributed by atoms with Crippen molar-refractivity contribution in [2.45, 2.75) is 5.38 Å². The van der Waals surface area contributed by atoms with Crippen LogP contribution < -0.4 is 9.47 Å². The summed E-state index contributed by atoms with van der Waals surface area (Å²) >= 11 is 6.06. The number of hydrogen-bond donors (Lipinski definition) is 0. The Balaban J connectivity index is 2.29. The molecule has 0 aliphatic carbocycles. The molecule has 0 aliphatic heterocycles. The molecular weight excluding hydrogens is 304 g/mol. The third kappa shape index (κ3) is 3.46. The largest absolute Gasteiger partial charge is 0.497 e. The van der Waals surface area contributed by atoms with Crippen molar-refractivity contribution in [3.05, 3.63) is 59.7 Å². The average molecular weight is 319 g/mol. The molecule has 4 nitrogen and oxygen atoms in total. The zero-order chi connectivity index (χ0) is 16.1. The maximum Gasteiger partial charge on any atom is 0.188 e. The van der Waals surface area contributed by atoms with Gasteiger partial charge in [-0.25, -0.2) is 0 Å². The van der Waals surface area contributed by atoms with Gasteiger partial charge in [0.25, 0.3) is 0 Å². The highest BCUT2D eigenvalue weighted by Crippen LogP contribution is 2.25. The first-order valence-electron chi connectivity index (χ1n) is 6.57. The number of ketones is 2. The van der Waals surface area contributed by atoms with Crippen molar-refractivity contribution in [2.75, 3.05) is 14.2 Å². The number of ether oxygens (including phenoxy) is 2.